The Morgan fingerprint density at radius 3 is 2.30 bits per heavy atom. The number of carbonyl (C=O) groups excluding carboxylic acids is 3. The number of aromatic amines is 1. The van der Waals surface area contributed by atoms with E-state index in [1.807, 2.05) is 30.3 Å². The molecule has 0 aliphatic heterocycles. The molecule has 0 saturated carbocycles. The molecule has 0 aliphatic carbocycles. The summed E-state index contributed by atoms with van der Waals surface area (Å²) >= 11 is 0. The number of imidazole rings is 1. The zero-order valence-electron chi connectivity index (χ0n) is 18.6. The predicted molar refractivity (Wildman–Crippen MR) is 120 cm³/mol. The second kappa shape index (κ2) is 12.3. The van der Waals surface area contributed by atoms with Crippen molar-refractivity contribution in [2.75, 3.05) is 6.54 Å². The lowest BCUT2D eigenvalue weighted by Gasteiger charge is -2.25. The van der Waals surface area contributed by atoms with Gasteiger partial charge in [0.25, 0.3) is 0 Å². The van der Waals surface area contributed by atoms with Crippen molar-refractivity contribution in [2.24, 2.45) is 11.7 Å². The van der Waals surface area contributed by atoms with Crippen LogP contribution in [0.25, 0.3) is 0 Å². The van der Waals surface area contributed by atoms with Crippen LogP contribution in [0, 0.1) is 5.92 Å². The summed E-state index contributed by atoms with van der Waals surface area (Å²) in [5, 5.41) is 16.3. The minimum atomic E-state index is -1.20. The number of amides is 3. The summed E-state index contributed by atoms with van der Waals surface area (Å²) in [4.78, 5) is 55.7. The average Bonchev–Trinajstić information content (AvgIpc) is 3.28. The molecule has 0 aliphatic rings. The van der Waals surface area contributed by atoms with Crippen LogP contribution in [0.3, 0.4) is 0 Å². The molecular formula is C22H30N6O5. The molecule has 1 heterocycles. The molecule has 2 aromatic rings. The van der Waals surface area contributed by atoms with Crippen LogP contribution in [-0.4, -0.2) is 63.4 Å². The van der Waals surface area contributed by atoms with Gasteiger partial charge in [0, 0.05) is 18.3 Å². The van der Waals surface area contributed by atoms with Crippen LogP contribution >= 0.6 is 0 Å². The van der Waals surface area contributed by atoms with Gasteiger partial charge in [0.05, 0.1) is 12.4 Å². The highest BCUT2D eigenvalue weighted by atomic mass is 16.4. The molecule has 0 spiro atoms. The molecule has 3 atom stereocenters. The van der Waals surface area contributed by atoms with Crippen molar-refractivity contribution >= 4 is 23.7 Å². The number of hydrogen-bond donors (Lipinski definition) is 6. The van der Waals surface area contributed by atoms with Crippen LogP contribution in [0.1, 0.15) is 25.1 Å². The van der Waals surface area contributed by atoms with Gasteiger partial charge in [0.15, 0.2) is 0 Å². The van der Waals surface area contributed by atoms with E-state index in [1.54, 1.807) is 13.8 Å². The van der Waals surface area contributed by atoms with Gasteiger partial charge in [-0.25, -0.2) is 4.98 Å². The quantitative estimate of drug-likeness (QED) is 0.244. The average molecular weight is 459 g/mol. The van der Waals surface area contributed by atoms with Gasteiger partial charge in [-0.2, -0.15) is 0 Å². The lowest BCUT2D eigenvalue weighted by Crippen LogP contribution is -2.58. The van der Waals surface area contributed by atoms with E-state index >= 15 is 0 Å². The number of carbonyl (C=O) groups is 4. The van der Waals surface area contributed by atoms with Crippen molar-refractivity contribution in [1.82, 2.24) is 25.9 Å². The molecule has 178 valence electrons. The van der Waals surface area contributed by atoms with E-state index < -0.39 is 48.4 Å². The SMILES string of the molecule is CC(C)C(NC(=O)C(Cc1cnc[nH]1)NC(=O)C(N)Cc1ccccc1)C(=O)NCC(=O)O. The summed E-state index contributed by atoms with van der Waals surface area (Å²) in [6.07, 6.45) is 3.35. The molecule has 33 heavy (non-hydrogen) atoms. The second-order valence-electron chi connectivity index (χ2n) is 7.98. The normalized spacial score (nSPS) is 13.6. The topological polar surface area (TPSA) is 179 Å². The van der Waals surface area contributed by atoms with Gasteiger partial charge in [-0.15, -0.1) is 0 Å². The number of aliphatic carboxylic acids is 1. The smallest absolute Gasteiger partial charge is 0.322 e. The predicted octanol–water partition coefficient (Wildman–Crippen LogP) is -0.651. The summed E-state index contributed by atoms with van der Waals surface area (Å²) in [5.74, 6) is -3.28. The zero-order chi connectivity index (χ0) is 24.4. The van der Waals surface area contributed by atoms with Crippen LogP contribution < -0.4 is 21.7 Å². The van der Waals surface area contributed by atoms with E-state index in [0.717, 1.165) is 5.56 Å². The molecule has 3 amide bonds. The molecule has 11 heteroatoms. The number of nitrogens with zero attached hydrogens (tertiary/aromatic N) is 1. The molecular weight excluding hydrogens is 428 g/mol. The van der Waals surface area contributed by atoms with Gasteiger partial charge < -0.3 is 31.8 Å². The highest BCUT2D eigenvalue weighted by Crippen LogP contribution is 2.07. The largest absolute Gasteiger partial charge is 0.480 e. The van der Waals surface area contributed by atoms with Gasteiger partial charge in [0.1, 0.15) is 18.6 Å². The Bertz CT molecular complexity index is 932. The molecule has 2 rings (SSSR count). The Kier molecular flexibility index (Phi) is 9.55. The molecule has 3 unspecified atom stereocenters. The number of nitrogens with two attached hydrogens (primary N) is 1. The van der Waals surface area contributed by atoms with Crippen LogP contribution in [0.5, 0.6) is 0 Å². The molecule has 0 saturated heterocycles. The fourth-order valence-electron chi connectivity index (χ4n) is 3.13. The van der Waals surface area contributed by atoms with Crippen molar-refractivity contribution in [2.45, 2.75) is 44.8 Å². The lowest BCUT2D eigenvalue weighted by atomic mass is 10.0. The van der Waals surface area contributed by atoms with E-state index in [0.29, 0.717) is 5.69 Å². The molecule has 7 N–H and O–H groups in total. The van der Waals surface area contributed by atoms with Crippen LogP contribution in [-0.2, 0) is 32.0 Å². The molecule has 0 fully saturated rings. The van der Waals surface area contributed by atoms with Gasteiger partial charge >= 0.3 is 5.97 Å². The van der Waals surface area contributed by atoms with Crippen molar-refractivity contribution in [1.29, 1.82) is 0 Å². The summed E-state index contributed by atoms with van der Waals surface area (Å²) in [6.45, 7) is 2.85. The maximum atomic E-state index is 13.0. The summed E-state index contributed by atoms with van der Waals surface area (Å²) in [5.41, 5.74) is 7.53. The third-order valence-electron chi connectivity index (χ3n) is 4.91. The van der Waals surface area contributed by atoms with Crippen molar-refractivity contribution in [3.63, 3.8) is 0 Å². The minimum absolute atomic E-state index is 0.0944. The van der Waals surface area contributed by atoms with Crippen molar-refractivity contribution in [3.8, 4) is 0 Å². The fourth-order valence-corrected chi connectivity index (χ4v) is 3.13. The van der Waals surface area contributed by atoms with Crippen LogP contribution in [0.2, 0.25) is 0 Å². The Balaban J connectivity index is 2.10. The van der Waals surface area contributed by atoms with E-state index in [9.17, 15) is 19.2 Å². The minimum Gasteiger partial charge on any atom is -0.480 e. The highest BCUT2D eigenvalue weighted by molar-refractivity contribution is 5.94. The van der Waals surface area contributed by atoms with Crippen molar-refractivity contribution < 1.29 is 24.3 Å². The zero-order valence-corrected chi connectivity index (χ0v) is 18.6. The monoisotopic (exact) mass is 458 g/mol. The molecule has 0 radical (unpaired) electrons. The molecule has 1 aromatic carbocycles. The number of nitrogens with one attached hydrogen (secondary N) is 4. The van der Waals surface area contributed by atoms with E-state index in [2.05, 4.69) is 25.9 Å². The van der Waals surface area contributed by atoms with E-state index in [4.69, 9.17) is 10.8 Å². The molecule has 11 nitrogen and oxygen atoms in total. The van der Waals surface area contributed by atoms with Crippen LogP contribution in [0.4, 0.5) is 0 Å². The molecule has 1 aromatic heterocycles. The third-order valence-corrected chi connectivity index (χ3v) is 4.91. The Morgan fingerprint density at radius 1 is 1.03 bits per heavy atom. The maximum absolute atomic E-state index is 13.0. The third kappa shape index (κ3) is 8.37. The van der Waals surface area contributed by atoms with E-state index in [1.165, 1.54) is 12.5 Å². The first-order valence-electron chi connectivity index (χ1n) is 10.5. The van der Waals surface area contributed by atoms with E-state index in [-0.39, 0.29) is 18.8 Å². The summed E-state index contributed by atoms with van der Waals surface area (Å²) < 4.78 is 0. The number of benzene rings is 1. The number of hydrogen-bond acceptors (Lipinski definition) is 6. The van der Waals surface area contributed by atoms with Crippen molar-refractivity contribution in [3.05, 3.63) is 54.1 Å². The maximum Gasteiger partial charge on any atom is 0.322 e. The van der Waals surface area contributed by atoms with Gasteiger partial charge in [-0.05, 0) is 17.9 Å². The summed E-state index contributed by atoms with van der Waals surface area (Å²) in [7, 11) is 0. The first kappa shape index (κ1) is 25.5. The summed E-state index contributed by atoms with van der Waals surface area (Å²) in [6, 6.07) is 6.34. The van der Waals surface area contributed by atoms with Gasteiger partial charge in [-0.3, -0.25) is 19.2 Å². The van der Waals surface area contributed by atoms with Gasteiger partial charge in [0.2, 0.25) is 17.7 Å². The highest BCUT2D eigenvalue weighted by Gasteiger charge is 2.30. The number of carboxylic acid groups (broad SMARTS) is 1. The van der Waals surface area contributed by atoms with Gasteiger partial charge in [-0.1, -0.05) is 44.2 Å². The standard InChI is InChI=1S/C22H30N6O5/c1-13(2)19(22(33)25-11-18(29)30)28-21(32)17(9-15-10-24-12-26-15)27-20(31)16(23)8-14-6-4-3-5-7-14/h3-7,10,12-13,16-17,19H,8-9,11,23H2,1-2H3,(H,24,26)(H,25,33)(H,27,31)(H,28,32)(H,29,30). The number of rotatable bonds is 12. The van der Waals surface area contributed by atoms with Crippen LogP contribution in [0.15, 0.2) is 42.9 Å². The second-order valence-corrected chi connectivity index (χ2v) is 7.98. The number of H-pyrrole nitrogens is 1. The fraction of sp³-hybridized carbons (Fsp3) is 0.409. The Hall–Kier alpha value is -3.73. The first-order chi connectivity index (χ1) is 15.7. The Morgan fingerprint density at radius 2 is 1.73 bits per heavy atom. The molecule has 0 bridgehead atoms. The number of carboxylic acids is 1. The number of aromatic nitrogens is 2. The first-order valence-corrected chi connectivity index (χ1v) is 10.5. The lowest BCUT2D eigenvalue weighted by molar-refractivity contribution is -0.139. The Labute approximate surface area is 191 Å².